The molecule has 1 aromatic carbocycles. The van der Waals surface area contributed by atoms with Crippen LogP contribution in [0.5, 0.6) is 5.75 Å². The minimum Gasteiger partial charge on any atom is -0.478 e. The van der Waals surface area contributed by atoms with Crippen LogP contribution in [0.2, 0.25) is 0 Å². The molecule has 0 bridgehead atoms. The lowest BCUT2D eigenvalue weighted by Crippen LogP contribution is -2.19. The number of carboxylic acids is 1. The number of rotatable bonds is 5. The Balaban J connectivity index is 2.55. The topological polar surface area (TPSA) is 55.8 Å². The van der Waals surface area contributed by atoms with Crippen molar-refractivity contribution in [3.05, 3.63) is 29.6 Å². The fourth-order valence-electron chi connectivity index (χ4n) is 1.04. The van der Waals surface area contributed by atoms with Gasteiger partial charge < -0.3 is 14.6 Å². The van der Waals surface area contributed by atoms with E-state index in [2.05, 4.69) is 9.47 Å². The van der Waals surface area contributed by atoms with E-state index in [1.165, 1.54) is 0 Å². The summed E-state index contributed by atoms with van der Waals surface area (Å²) in [6, 6.07) is 2.57. The molecule has 0 atom stereocenters. The van der Waals surface area contributed by atoms with Gasteiger partial charge in [-0.25, -0.2) is 9.18 Å². The Kier molecular flexibility index (Phi) is 4.49. The van der Waals surface area contributed by atoms with Gasteiger partial charge >= 0.3 is 12.1 Å². The molecule has 100 valence electrons. The van der Waals surface area contributed by atoms with Crippen LogP contribution in [-0.4, -0.2) is 30.7 Å². The van der Waals surface area contributed by atoms with Crippen LogP contribution < -0.4 is 4.74 Å². The van der Waals surface area contributed by atoms with Gasteiger partial charge in [0.05, 0.1) is 5.56 Å². The Morgan fingerprint density at radius 3 is 2.50 bits per heavy atom. The maximum absolute atomic E-state index is 12.9. The van der Waals surface area contributed by atoms with Crippen LogP contribution in [0.15, 0.2) is 18.2 Å². The molecule has 4 nitrogen and oxygen atoms in total. The molecule has 0 aliphatic heterocycles. The predicted octanol–water partition coefficient (Wildman–Crippen LogP) is 2.44. The molecule has 0 spiro atoms. The first-order valence-electron chi connectivity index (χ1n) is 4.59. The van der Waals surface area contributed by atoms with Crippen LogP contribution in [0, 0.1) is 5.82 Å². The van der Waals surface area contributed by atoms with Gasteiger partial charge in [0.2, 0.25) is 0 Å². The van der Waals surface area contributed by atoms with Crippen LogP contribution in [0.1, 0.15) is 10.4 Å². The number of hydrogen-bond acceptors (Lipinski definition) is 3. The third kappa shape index (κ3) is 5.00. The van der Waals surface area contributed by atoms with Gasteiger partial charge in [-0.05, 0) is 12.1 Å². The molecule has 1 aromatic rings. The summed E-state index contributed by atoms with van der Waals surface area (Å²) in [4.78, 5) is 10.6. The Morgan fingerprint density at radius 1 is 1.28 bits per heavy atom. The summed E-state index contributed by atoms with van der Waals surface area (Å²) in [6.45, 7) is -2.27. The maximum atomic E-state index is 12.9. The number of alkyl halides is 3. The van der Waals surface area contributed by atoms with Crippen molar-refractivity contribution in [2.45, 2.75) is 6.18 Å². The third-order valence-electron chi connectivity index (χ3n) is 1.69. The van der Waals surface area contributed by atoms with Crippen molar-refractivity contribution >= 4 is 5.97 Å². The van der Waals surface area contributed by atoms with Gasteiger partial charge in [0, 0.05) is 6.07 Å². The van der Waals surface area contributed by atoms with Gasteiger partial charge in [0.25, 0.3) is 0 Å². The number of hydrogen-bond donors (Lipinski definition) is 1. The van der Waals surface area contributed by atoms with E-state index in [1.807, 2.05) is 0 Å². The molecule has 1 rings (SSSR count). The standard InChI is InChI=1S/C10H8F4O4/c11-7-1-6(9(15)16)2-8(3-7)18-5-17-4-10(12,13)14/h1-3H,4-5H2,(H,15,16). The Bertz CT molecular complexity index is 430. The van der Waals surface area contributed by atoms with E-state index in [0.717, 1.165) is 18.2 Å². The second-order valence-corrected chi connectivity index (χ2v) is 3.21. The van der Waals surface area contributed by atoms with Crippen molar-refractivity contribution in [3.63, 3.8) is 0 Å². The van der Waals surface area contributed by atoms with Crippen molar-refractivity contribution in [1.29, 1.82) is 0 Å². The highest BCUT2D eigenvalue weighted by Crippen LogP contribution is 2.18. The van der Waals surface area contributed by atoms with Crippen LogP contribution in [0.25, 0.3) is 0 Å². The molecule has 0 saturated heterocycles. The first-order valence-corrected chi connectivity index (χ1v) is 4.59. The first-order chi connectivity index (χ1) is 8.28. The van der Waals surface area contributed by atoms with Crippen molar-refractivity contribution in [1.82, 2.24) is 0 Å². The van der Waals surface area contributed by atoms with E-state index >= 15 is 0 Å². The normalized spacial score (nSPS) is 11.3. The summed E-state index contributed by atoms with van der Waals surface area (Å²) in [5.74, 6) is -2.48. The molecule has 0 amide bonds. The molecule has 18 heavy (non-hydrogen) atoms. The fraction of sp³-hybridized carbons (Fsp3) is 0.300. The summed E-state index contributed by atoms with van der Waals surface area (Å²) in [5, 5.41) is 8.61. The van der Waals surface area contributed by atoms with Crippen LogP contribution in [-0.2, 0) is 4.74 Å². The number of halogens is 4. The number of ether oxygens (including phenoxy) is 2. The lowest BCUT2D eigenvalue weighted by molar-refractivity contribution is -0.186. The minimum atomic E-state index is -4.49. The average Bonchev–Trinajstić information content (AvgIpc) is 2.22. The average molecular weight is 268 g/mol. The van der Waals surface area contributed by atoms with E-state index in [4.69, 9.17) is 5.11 Å². The van der Waals surface area contributed by atoms with Gasteiger partial charge in [0.15, 0.2) is 6.79 Å². The van der Waals surface area contributed by atoms with Crippen molar-refractivity contribution in [2.24, 2.45) is 0 Å². The maximum Gasteiger partial charge on any atom is 0.411 e. The van der Waals surface area contributed by atoms with Crippen LogP contribution >= 0.6 is 0 Å². The summed E-state index contributed by atoms with van der Waals surface area (Å²) in [5.41, 5.74) is -0.374. The number of carboxylic acid groups (broad SMARTS) is 1. The molecule has 0 fully saturated rings. The minimum absolute atomic E-state index is 0.227. The zero-order chi connectivity index (χ0) is 13.8. The quantitative estimate of drug-likeness (QED) is 0.506. The largest absolute Gasteiger partial charge is 0.478 e. The summed E-state index contributed by atoms with van der Waals surface area (Å²) < 4.78 is 56.8. The van der Waals surface area contributed by atoms with Crippen molar-refractivity contribution in [3.8, 4) is 5.75 Å². The zero-order valence-electron chi connectivity index (χ0n) is 8.83. The summed E-state index contributed by atoms with van der Waals surface area (Å²) in [7, 11) is 0. The highest BCUT2D eigenvalue weighted by atomic mass is 19.4. The smallest absolute Gasteiger partial charge is 0.411 e. The van der Waals surface area contributed by atoms with Gasteiger partial charge in [-0.1, -0.05) is 0 Å². The zero-order valence-corrected chi connectivity index (χ0v) is 8.83. The lowest BCUT2D eigenvalue weighted by Gasteiger charge is -2.09. The van der Waals surface area contributed by atoms with E-state index in [0.29, 0.717) is 0 Å². The van der Waals surface area contributed by atoms with Crippen LogP contribution in [0.4, 0.5) is 17.6 Å². The van der Waals surface area contributed by atoms with Gasteiger partial charge in [-0.3, -0.25) is 0 Å². The molecule has 0 aliphatic rings. The van der Waals surface area contributed by atoms with Gasteiger partial charge in [-0.15, -0.1) is 0 Å². The lowest BCUT2D eigenvalue weighted by atomic mass is 10.2. The molecule has 1 N–H and O–H groups in total. The molecule has 0 saturated carbocycles. The van der Waals surface area contributed by atoms with Gasteiger partial charge in [0.1, 0.15) is 18.2 Å². The first kappa shape index (κ1) is 14.2. The Morgan fingerprint density at radius 2 is 1.94 bits per heavy atom. The van der Waals surface area contributed by atoms with Crippen molar-refractivity contribution in [2.75, 3.05) is 13.4 Å². The molecule has 0 unspecified atom stereocenters. The van der Waals surface area contributed by atoms with Crippen molar-refractivity contribution < 1.29 is 36.9 Å². The fourth-order valence-corrected chi connectivity index (χ4v) is 1.04. The van der Waals surface area contributed by atoms with E-state index < -0.39 is 31.4 Å². The van der Waals surface area contributed by atoms with E-state index in [1.54, 1.807) is 0 Å². The van der Waals surface area contributed by atoms with E-state index in [9.17, 15) is 22.4 Å². The number of carbonyl (C=O) groups is 1. The van der Waals surface area contributed by atoms with E-state index in [-0.39, 0.29) is 11.3 Å². The Hall–Kier alpha value is -1.83. The van der Waals surface area contributed by atoms with Crippen LogP contribution in [0.3, 0.4) is 0 Å². The Labute approximate surface area is 98.7 Å². The van der Waals surface area contributed by atoms with Gasteiger partial charge in [-0.2, -0.15) is 13.2 Å². The number of aromatic carboxylic acids is 1. The highest BCUT2D eigenvalue weighted by Gasteiger charge is 2.27. The number of benzene rings is 1. The predicted molar refractivity (Wildman–Crippen MR) is 50.9 cm³/mol. The molecular weight excluding hydrogens is 260 g/mol. The molecule has 0 aromatic heterocycles. The molecular formula is C10H8F4O4. The molecule has 0 radical (unpaired) electrons. The highest BCUT2D eigenvalue weighted by molar-refractivity contribution is 5.88. The monoisotopic (exact) mass is 268 g/mol. The molecule has 8 heteroatoms. The summed E-state index contributed by atoms with van der Waals surface area (Å²) >= 11 is 0. The molecule has 0 aliphatic carbocycles. The second kappa shape index (κ2) is 5.67. The SMILES string of the molecule is O=C(O)c1cc(F)cc(OCOCC(F)(F)F)c1. The molecule has 0 heterocycles. The second-order valence-electron chi connectivity index (χ2n) is 3.21. The summed E-state index contributed by atoms with van der Waals surface area (Å²) in [6.07, 6.45) is -4.49. The third-order valence-corrected chi connectivity index (χ3v) is 1.69.